The molecule has 12 rings (SSSR count). The van der Waals surface area contributed by atoms with Crippen molar-refractivity contribution in [1.29, 1.82) is 0 Å². The monoisotopic (exact) mass is 872 g/mol. The summed E-state index contributed by atoms with van der Waals surface area (Å²) in [7, 11) is 0. The van der Waals surface area contributed by atoms with Gasteiger partial charge in [-0.05, 0) is 189 Å². The third-order valence-corrected chi connectivity index (χ3v) is 16.9. The quantitative estimate of drug-likeness (QED) is 0.149. The normalized spacial score (nSPS) is 16.4. The number of unbranched alkanes of at least 4 members (excludes halogenated alkanes) is 1. The number of rotatable bonds is 8. The zero-order valence-electron chi connectivity index (χ0n) is 40.3. The van der Waals surface area contributed by atoms with Gasteiger partial charge in [-0.3, -0.25) is 0 Å². The van der Waals surface area contributed by atoms with E-state index in [2.05, 4.69) is 201 Å². The maximum atomic E-state index is 9.89. The van der Waals surface area contributed by atoms with Gasteiger partial charge in [0, 0.05) is 28.3 Å². The van der Waals surface area contributed by atoms with E-state index in [0.717, 1.165) is 24.8 Å². The lowest BCUT2D eigenvalue weighted by Crippen LogP contribution is -2.16. The van der Waals surface area contributed by atoms with E-state index < -0.39 is 0 Å². The summed E-state index contributed by atoms with van der Waals surface area (Å²) >= 11 is 0. The molecule has 0 saturated heterocycles. The molecule has 2 N–H and O–H groups in total. The van der Waals surface area contributed by atoms with Gasteiger partial charge in [-0.2, -0.15) is 0 Å². The number of aliphatic hydroxyl groups is 2. The summed E-state index contributed by atoms with van der Waals surface area (Å²) < 4.78 is 0. The lowest BCUT2D eigenvalue weighted by atomic mass is 9.79. The van der Waals surface area contributed by atoms with Crippen LogP contribution in [0.1, 0.15) is 124 Å². The van der Waals surface area contributed by atoms with Crippen LogP contribution in [0.15, 0.2) is 146 Å². The molecule has 0 aromatic heterocycles. The average Bonchev–Trinajstić information content (AvgIpc) is 3.89. The molecule has 0 spiro atoms. The molecule has 8 aromatic rings. The second-order valence-electron chi connectivity index (χ2n) is 22.2. The molecule has 0 unspecified atom stereocenters. The minimum Gasteiger partial charge on any atom is -0.396 e. The first-order valence-corrected chi connectivity index (χ1v) is 24.5. The van der Waals surface area contributed by atoms with Crippen LogP contribution in [0, 0.1) is 0 Å². The van der Waals surface area contributed by atoms with Crippen LogP contribution in [0.25, 0.3) is 77.9 Å². The number of hydrogen-bond donors (Lipinski definition) is 2. The van der Waals surface area contributed by atoms with Gasteiger partial charge in [0.2, 0.25) is 0 Å². The van der Waals surface area contributed by atoms with Gasteiger partial charge in [0.15, 0.2) is 0 Å². The molecule has 0 radical (unpaired) electrons. The van der Waals surface area contributed by atoms with Gasteiger partial charge in [-0.1, -0.05) is 165 Å². The van der Waals surface area contributed by atoms with Crippen LogP contribution in [0.2, 0.25) is 0 Å². The van der Waals surface area contributed by atoms with Gasteiger partial charge in [0.25, 0.3) is 0 Å². The summed E-state index contributed by atoms with van der Waals surface area (Å²) in [5, 5.41) is 19.2. The Balaban J connectivity index is 0.828. The van der Waals surface area contributed by atoms with Gasteiger partial charge in [-0.15, -0.1) is 0 Å². The highest BCUT2D eigenvalue weighted by atomic mass is 16.3. The summed E-state index contributed by atoms with van der Waals surface area (Å²) in [6.07, 6.45) is 2.86. The van der Waals surface area contributed by atoms with Gasteiger partial charge >= 0.3 is 0 Å². The van der Waals surface area contributed by atoms with Crippen LogP contribution in [-0.4, -0.2) is 16.8 Å². The van der Waals surface area contributed by atoms with E-state index in [1.54, 1.807) is 0 Å². The Morgan fingerprint density at radius 2 is 0.522 bits per heavy atom. The van der Waals surface area contributed by atoms with E-state index in [1.165, 1.54) is 128 Å². The van der Waals surface area contributed by atoms with Crippen molar-refractivity contribution in [1.82, 2.24) is 0 Å². The minimum atomic E-state index is -0.161. The van der Waals surface area contributed by atoms with Crippen LogP contribution >= 0.6 is 0 Å². The highest BCUT2D eigenvalue weighted by molar-refractivity contribution is 5.91. The maximum Gasteiger partial charge on any atom is 0.0681 e. The zero-order valence-corrected chi connectivity index (χ0v) is 40.3. The van der Waals surface area contributed by atoms with Crippen molar-refractivity contribution in [2.45, 2.75) is 103 Å². The van der Waals surface area contributed by atoms with E-state index in [4.69, 9.17) is 0 Å². The first-order chi connectivity index (χ1) is 32.1. The lowest BCUT2D eigenvalue weighted by Gasteiger charge is -2.24. The highest BCUT2D eigenvalue weighted by Gasteiger charge is 2.40. The minimum absolute atomic E-state index is 0.0594. The third-order valence-electron chi connectivity index (χ3n) is 16.9. The summed E-state index contributed by atoms with van der Waals surface area (Å²) in [6.45, 7) is 19.3. The van der Waals surface area contributed by atoms with Gasteiger partial charge in [0.05, 0.1) is 6.61 Å². The SMILES string of the molecule is CC1(C)c2cc(CO)ccc2-c2ccc(-c3ccc4c(c3)C(C)(C)c3cc(-c5ccc6c(c5)C(C)(C)c5cc(-c7ccc8c(c7)C(C)(C)c7cc(CCCCO)ccc7-8)ccc5-6)ccc3-4)cc21. The molecular weight excluding hydrogens is 813 g/mol. The molecule has 0 amide bonds. The van der Waals surface area contributed by atoms with Crippen molar-refractivity contribution < 1.29 is 10.2 Å². The van der Waals surface area contributed by atoms with E-state index in [1.807, 2.05) is 0 Å². The van der Waals surface area contributed by atoms with Gasteiger partial charge < -0.3 is 10.2 Å². The second kappa shape index (κ2) is 14.6. The first-order valence-electron chi connectivity index (χ1n) is 24.5. The third kappa shape index (κ3) is 6.08. The fourth-order valence-corrected chi connectivity index (χ4v) is 12.8. The fourth-order valence-electron chi connectivity index (χ4n) is 12.8. The molecule has 0 atom stereocenters. The summed E-state index contributed by atoms with van der Waals surface area (Å²) in [6, 6.07) is 56.2. The molecule has 4 aliphatic rings. The van der Waals surface area contributed by atoms with Crippen LogP contribution in [0.5, 0.6) is 0 Å². The average molecular weight is 873 g/mol. The van der Waals surface area contributed by atoms with E-state index in [9.17, 15) is 10.2 Å². The van der Waals surface area contributed by atoms with Crippen LogP contribution in [0.3, 0.4) is 0 Å². The maximum absolute atomic E-state index is 9.89. The molecule has 0 bridgehead atoms. The predicted molar refractivity (Wildman–Crippen MR) is 279 cm³/mol. The molecule has 0 fully saturated rings. The standard InChI is InChI=1S/C65H60O2/c1-62(2)54-29-38(11-9-10-28-66)12-20-46(54)48-22-14-40(31-56(48)62)42-16-24-50-52-26-18-44(35-60(52)64(5,6)58(50)33-42)45-19-27-53-51-25-17-43(34-59(51)65(7,8)61(53)36-45)41-15-23-49-47-21-13-39(37-67)30-55(47)63(3,4)57(49)32-41/h12-27,29-36,66-67H,9-11,28,37H2,1-8H3. The highest BCUT2D eigenvalue weighted by Crippen LogP contribution is 2.55. The van der Waals surface area contributed by atoms with E-state index >= 15 is 0 Å². The molecule has 8 aromatic carbocycles. The van der Waals surface area contributed by atoms with Gasteiger partial charge in [0.1, 0.15) is 0 Å². The van der Waals surface area contributed by atoms with Crippen LogP contribution in [-0.2, 0) is 34.7 Å². The molecule has 0 aliphatic heterocycles. The molecule has 4 aliphatic carbocycles. The van der Waals surface area contributed by atoms with Crippen molar-refractivity contribution in [2.75, 3.05) is 6.61 Å². The molecule has 332 valence electrons. The zero-order chi connectivity index (χ0) is 46.4. The number of benzene rings is 8. The number of fused-ring (bicyclic) bond motifs is 12. The molecule has 2 nitrogen and oxygen atoms in total. The molecule has 0 saturated carbocycles. The molecule has 67 heavy (non-hydrogen) atoms. The number of hydrogen-bond acceptors (Lipinski definition) is 2. The van der Waals surface area contributed by atoms with Crippen molar-refractivity contribution in [3.8, 4) is 77.9 Å². The van der Waals surface area contributed by atoms with Gasteiger partial charge in [-0.25, -0.2) is 0 Å². The Labute approximate surface area is 397 Å². The first kappa shape index (κ1) is 42.1. The summed E-state index contributed by atoms with van der Waals surface area (Å²) in [5.41, 5.74) is 30.9. The smallest absolute Gasteiger partial charge is 0.0681 e. The molecular formula is C65H60O2. The topological polar surface area (TPSA) is 40.5 Å². The van der Waals surface area contributed by atoms with Crippen molar-refractivity contribution in [2.24, 2.45) is 0 Å². The Morgan fingerprint density at radius 1 is 0.284 bits per heavy atom. The van der Waals surface area contributed by atoms with Crippen molar-refractivity contribution in [3.05, 3.63) is 201 Å². The molecule has 2 heteroatoms. The van der Waals surface area contributed by atoms with Crippen LogP contribution in [0.4, 0.5) is 0 Å². The Bertz CT molecular complexity index is 3410. The van der Waals surface area contributed by atoms with Crippen molar-refractivity contribution in [3.63, 3.8) is 0 Å². The second-order valence-corrected chi connectivity index (χ2v) is 22.2. The summed E-state index contributed by atoms with van der Waals surface area (Å²) in [5.74, 6) is 0. The Hall–Kier alpha value is -6.32. The number of aliphatic hydroxyl groups excluding tert-OH is 2. The fraction of sp³-hybridized carbons (Fsp3) is 0.262. The number of aryl methyl sites for hydroxylation is 1. The molecule has 0 heterocycles. The Morgan fingerprint density at radius 3 is 0.791 bits per heavy atom. The van der Waals surface area contributed by atoms with E-state index in [0.29, 0.717) is 0 Å². The Kier molecular flexibility index (Phi) is 9.16. The summed E-state index contributed by atoms with van der Waals surface area (Å²) in [4.78, 5) is 0. The lowest BCUT2D eigenvalue weighted by molar-refractivity contribution is 0.281. The van der Waals surface area contributed by atoms with E-state index in [-0.39, 0.29) is 34.9 Å². The van der Waals surface area contributed by atoms with Crippen LogP contribution < -0.4 is 0 Å². The van der Waals surface area contributed by atoms with Crippen molar-refractivity contribution >= 4 is 0 Å². The largest absolute Gasteiger partial charge is 0.396 e. The predicted octanol–water partition coefficient (Wildman–Crippen LogP) is 15.7.